The molecule has 1 unspecified atom stereocenters. The van der Waals surface area contributed by atoms with Crippen molar-refractivity contribution in [2.75, 3.05) is 6.61 Å². The van der Waals surface area contributed by atoms with Gasteiger partial charge in [0.1, 0.15) is 23.6 Å². The lowest BCUT2D eigenvalue weighted by molar-refractivity contribution is -0.124. The van der Waals surface area contributed by atoms with Crippen LogP contribution in [0.15, 0.2) is 42.5 Å². The predicted octanol–water partition coefficient (Wildman–Crippen LogP) is 3.87. The molecule has 6 heteroatoms. The third-order valence-corrected chi connectivity index (χ3v) is 5.65. The molecule has 2 aromatic carbocycles. The Bertz CT molecular complexity index is 913. The molecule has 3 rings (SSSR count). The Morgan fingerprint density at radius 2 is 1.94 bits per heavy atom. The molecule has 6 nitrogen and oxygen atoms in total. The Balaban J connectivity index is 1.72. The van der Waals surface area contributed by atoms with Crippen molar-refractivity contribution in [3.8, 4) is 11.5 Å². The summed E-state index contributed by atoms with van der Waals surface area (Å²) in [5.41, 5.74) is 2.52. The summed E-state index contributed by atoms with van der Waals surface area (Å²) in [6.45, 7) is 8.78. The van der Waals surface area contributed by atoms with Gasteiger partial charge in [0.2, 0.25) is 5.91 Å². The lowest BCUT2D eigenvalue weighted by Crippen LogP contribution is -2.50. The summed E-state index contributed by atoms with van der Waals surface area (Å²) in [7, 11) is 0. The van der Waals surface area contributed by atoms with Gasteiger partial charge in [0.05, 0.1) is 6.61 Å². The number of hydrogen-bond donors (Lipinski definition) is 2. The van der Waals surface area contributed by atoms with E-state index in [1.54, 1.807) is 24.3 Å². The number of fused-ring (bicyclic) bond motifs is 1. The zero-order valence-corrected chi connectivity index (χ0v) is 18.7. The lowest BCUT2D eigenvalue weighted by atomic mass is 9.97. The molecular formula is C25H32N2O4. The summed E-state index contributed by atoms with van der Waals surface area (Å²) >= 11 is 0. The van der Waals surface area contributed by atoms with Gasteiger partial charge in [0, 0.05) is 29.7 Å². The predicted molar refractivity (Wildman–Crippen MR) is 120 cm³/mol. The molecule has 0 spiro atoms. The largest absolute Gasteiger partial charge is 0.494 e. The fourth-order valence-corrected chi connectivity index (χ4v) is 3.72. The summed E-state index contributed by atoms with van der Waals surface area (Å²) in [6, 6.07) is 12.3. The van der Waals surface area contributed by atoms with Crippen LogP contribution >= 0.6 is 0 Å². The van der Waals surface area contributed by atoms with Gasteiger partial charge in [-0.25, -0.2) is 0 Å². The Morgan fingerprint density at radius 3 is 2.61 bits per heavy atom. The third-order valence-electron chi connectivity index (χ3n) is 5.65. The molecule has 1 aliphatic rings. The maximum absolute atomic E-state index is 13.0. The van der Waals surface area contributed by atoms with Crippen molar-refractivity contribution in [2.24, 2.45) is 5.92 Å². The molecule has 0 aliphatic carbocycles. The Kier molecular flexibility index (Phi) is 7.55. The fraction of sp³-hybridized carbons (Fsp3) is 0.440. The van der Waals surface area contributed by atoms with Gasteiger partial charge in [-0.15, -0.1) is 0 Å². The van der Waals surface area contributed by atoms with E-state index in [-0.39, 0.29) is 23.8 Å². The molecule has 2 aromatic rings. The van der Waals surface area contributed by atoms with Crippen molar-refractivity contribution in [1.29, 1.82) is 0 Å². The molecule has 3 atom stereocenters. The Morgan fingerprint density at radius 1 is 1.19 bits per heavy atom. The number of hydrogen-bond acceptors (Lipinski definition) is 4. The molecule has 0 radical (unpaired) electrons. The quantitative estimate of drug-likeness (QED) is 0.641. The number of rotatable bonds is 9. The second-order valence-corrected chi connectivity index (χ2v) is 8.05. The van der Waals surface area contributed by atoms with E-state index in [2.05, 4.69) is 10.6 Å². The van der Waals surface area contributed by atoms with Gasteiger partial charge < -0.3 is 20.1 Å². The zero-order chi connectivity index (χ0) is 22.4. The smallest absolute Gasteiger partial charge is 0.251 e. The van der Waals surface area contributed by atoms with E-state index in [1.807, 2.05) is 45.9 Å². The minimum absolute atomic E-state index is 0.0109. The van der Waals surface area contributed by atoms with Gasteiger partial charge in [-0.3, -0.25) is 9.59 Å². The molecule has 0 aromatic heterocycles. The number of nitrogens with one attached hydrogen (secondary N) is 2. The van der Waals surface area contributed by atoms with Crippen LogP contribution in [0.4, 0.5) is 0 Å². The van der Waals surface area contributed by atoms with Gasteiger partial charge >= 0.3 is 0 Å². The SMILES string of the molecule is CCOc1cc2c(cc1CNC(=O)[C@@H](NC(=O)c1ccccc1)[C@@H](C)CC)OC(C)C2. The summed E-state index contributed by atoms with van der Waals surface area (Å²) in [5.74, 6) is 1.12. The number of carbonyl (C=O) groups excluding carboxylic acids is 2. The molecule has 0 saturated heterocycles. The van der Waals surface area contributed by atoms with Gasteiger partial charge in [-0.1, -0.05) is 38.5 Å². The first-order chi connectivity index (χ1) is 14.9. The van der Waals surface area contributed by atoms with Crippen LogP contribution in [0, 0.1) is 5.92 Å². The first kappa shape index (κ1) is 22.7. The Hall–Kier alpha value is -3.02. The fourth-order valence-electron chi connectivity index (χ4n) is 3.72. The van der Waals surface area contributed by atoms with E-state index >= 15 is 0 Å². The van der Waals surface area contributed by atoms with Crippen molar-refractivity contribution in [1.82, 2.24) is 10.6 Å². The molecule has 31 heavy (non-hydrogen) atoms. The minimum Gasteiger partial charge on any atom is -0.494 e. The van der Waals surface area contributed by atoms with Gasteiger partial charge in [-0.2, -0.15) is 0 Å². The van der Waals surface area contributed by atoms with E-state index in [9.17, 15) is 9.59 Å². The average molecular weight is 425 g/mol. The number of benzene rings is 2. The second kappa shape index (κ2) is 10.3. The lowest BCUT2D eigenvalue weighted by Gasteiger charge is -2.24. The molecule has 2 N–H and O–H groups in total. The maximum Gasteiger partial charge on any atom is 0.251 e. The molecule has 0 fully saturated rings. The van der Waals surface area contributed by atoms with Crippen molar-refractivity contribution < 1.29 is 19.1 Å². The molecule has 166 valence electrons. The minimum atomic E-state index is -0.626. The number of ether oxygens (including phenoxy) is 2. The monoisotopic (exact) mass is 424 g/mol. The van der Waals surface area contributed by atoms with Crippen molar-refractivity contribution in [3.63, 3.8) is 0 Å². The van der Waals surface area contributed by atoms with Crippen molar-refractivity contribution >= 4 is 11.8 Å². The standard InChI is InChI=1S/C25H32N2O4/c1-5-16(3)23(27-24(28)18-10-8-7-9-11-18)25(29)26-15-20-14-22-19(12-17(4)31-22)13-21(20)30-6-2/h7-11,13-14,16-17,23H,5-6,12,15H2,1-4H3,(H,26,29)(H,27,28)/t16-,17?,23-/m0/s1. The van der Waals surface area contributed by atoms with E-state index in [1.165, 1.54) is 0 Å². The van der Waals surface area contributed by atoms with Gasteiger partial charge in [-0.05, 0) is 44.0 Å². The third kappa shape index (κ3) is 5.57. The van der Waals surface area contributed by atoms with Gasteiger partial charge in [0.15, 0.2) is 0 Å². The van der Waals surface area contributed by atoms with E-state index < -0.39 is 6.04 Å². The van der Waals surface area contributed by atoms with Crippen LogP contribution in [-0.2, 0) is 17.8 Å². The summed E-state index contributed by atoms with van der Waals surface area (Å²) < 4.78 is 11.7. The van der Waals surface area contributed by atoms with Crippen LogP contribution in [0.3, 0.4) is 0 Å². The van der Waals surface area contributed by atoms with Crippen LogP contribution in [0.25, 0.3) is 0 Å². The van der Waals surface area contributed by atoms with Crippen LogP contribution in [0.5, 0.6) is 11.5 Å². The molecule has 0 saturated carbocycles. The molecule has 1 heterocycles. The summed E-state index contributed by atoms with van der Waals surface area (Å²) in [4.78, 5) is 25.7. The highest BCUT2D eigenvalue weighted by atomic mass is 16.5. The van der Waals surface area contributed by atoms with Gasteiger partial charge in [0.25, 0.3) is 5.91 Å². The van der Waals surface area contributed by atoms with Crippen molar-refractivity contribution in [3.05, 3.63) is 59.2 Å². The van der Waals surface area contributed by atoms with Crippen LogP contribution in [0.2, 0.25) is 0 Å². The summed E-state index contributed by atoms with van der Waals surface area (Å²) in [5, 5.41) is 5.88. The topological polar surface area (TPSA) is 76.7 Å². The van der Waals surface area contributed by atoms with E-state index in [0.29, 0.717) is 18.7 Å². The Labute approximate surface area is 184 Å². The molecule has 2 amide bonds. The van der Waals surface area contributed by atoms with Crippen molar-refractivity contribution in [2.45, 2.75) is 59.2 Å². The maximum atomic E-state index is 13.0. The molecule has 0 bridgehead atoms. The van der Waals surface area contributed by atoms with Crippen LogP contribution in [0.1, 0.15) is 55.6 Å². The normalized spacial score (nSPS) is 16.6. The first-order valence-electron chi connectivity index (χ1n) is 11.0. The zero-order valence-electron chi connectivity index (χ0n) is 18.7. The number of amides is 2. The summed E-state index contributed by atoms with van der Waals surface area (Å²) in [6.07, 6.45) is 1.75. The van der Waals surface area contributed by atoms with Crippen LogP contribution in [-0.4, -0.2) is 30.6 Å². The highest BCUT2D eigenvalue weighted by Gasteiger charge is 2.27. The highest BCUT2D eigenvalue weighted by molar-refractivity contribution is 5.97. The van der Waals surface area contributed by atoms with E-state index in [4.69, 9.17) is 9.47 Å². The molecular weight excluding hydrogens is 392 g/mol. The first-order valence-corrected chi connectivity index (χ1v) is 11.0. The number of carbonyl (C=O) groups is 2. The average Bonchev–Trinajstić information content (AvgIpc) is 3.14. The molecule has 1 aliphatic heterocycles. The van der Waals surface area contributed by atoms with E-state index in [0.717, 1.165) is 35.5 Å². The second-order valence-electron chi connectivity index (χ2n) is 8.05. The van der Waals surface area contributed by atoms with Crippen LogP contribution < -0.4 is 20.1 Å². The highest BCUT2D eigenvalue weighted by Crippen LogP contribution is 2.35.